The Bertz CT molecular complexity index is 614. The minimum Gasteiger partial charge on any atom is -0.430 e. The maximum Gasteiger partial charge on any atom is 0.325 e. The second kappa shape index (κ2) is 5.21. The van der Waals surface area contributed by atoms with Gasteiger partial charge in [0, 0.05) is 18.3 Å². The van der Waals surface area contributed by atoms with E-state index in [1.165, 1.54) is 12.6 Å². The van der Waals surface area contributed by atoms with Crippen molar-refractivity contribution in [2.24, 2.45) is 16.5 Å². The lowest BCUT2D eigenvalue weighted by Crippen LogP contribution is -2.21. The van der Waals surface area contributed by atoms with E-state index in [0.717, 1.165) is 11.3 Å². The van der Waals surface area contributed by atoms with E-state index in [-0.39, 0.29) is 12.0 Å². The summed E-state index contributed by atoms with van der Waals surface area (Å²) in [4.78, 5) is 9.57. The first-order valence-electron chi connectivity index (χ1n) is 5.49. The second-order valence-electron chi connectivity index (χ2n) is 3.84. The fourth-order valence-corrected chi connectivity index (χ4v) is 1.52. The molecular weight excluding hydrogens is 244 g/mol. The molecule has 19 heavy (non-hydrogen) atoms. The summed E-state index contributed by atoms with van der Waals surface area (Å²) in [5.74, 6) is -0.106. The molecule has 0 fully saturated rings. The molecule has 1 heterocycles. The number of anilines is 1. The highest BCUT2D eigenvalue weighted by molar-refractivity contribution is 5.79. The van der Waals surface area contributed by atoms with E-state index >= 15 is 0 Å². The number of aliphatic imine (C=N–C) groups is 1. The maximum absolute atomic E-state index is 7.22. The van der Waals surface area contributed by atoms with E-state index in [9.17, 15) is 0 Å². The molecule has 0 saturated heterocycles. The summed E-state index contributed by atoms with van der Waals surface area (Å²) in [5, 5.41) is 7.22. The molecule has 0 aliphatic carbocycles. The molecule has 0 atom stereocenters. The van der Waals surface area contributed by atoms with Crippen molar-refractivity contribution < 1.29 is 4.42 Å². The van der Waals surface area contributed by atoms with Crippen molar-refractivity contribution >= 4 is 24.0 Å². The van der Waals surface area contributed by atoms with E-state index in [1.807, 2.05) is 24.3 Å². The van der Waals surface area contributed by atoms with Crippen LogP contribution in [0.1, 0.15) is 0 Å². The van der Waals surface area contributed by atoms with Crippen molar-refractivity contribution in [3.63, 3.8) is 0 Å². The summed E-state index contributed by atoms with van der Waals surface area (Å²) in [6.07, 6.45) is 2.71. The van der Waals surface area contributed by atoms with Crippen LogP contribution in [0.15, 0.2) is 39.9 Å². The predicted molar refractivity (Wildman–Crippen MR) is 74.6 cm³/mol. The number of guanidine groups is 1. The Labute approximate surface area is 110 Å². The monoisotopic (exact) mass is 258 g/mol. The van der Waals surface area contributed by atoms with Gasteiger partial charge in [-0.25, -0.2) is 0 Å². The van der Waals surface area contributed by atoms with E-state index in [1.54, 1.807) is 11.9 Å². The number of hydrogen-bond acceptors (Lipinski definition) is 4. The van der Waals surface area contributed by atoms with Gasteiger partial charge in [0.2, 0.25) is 0 Å². The summed E-state index contributed by atoms with van der Waals surface area (Å²) in [5.41, 5.74) is 12.9. The van der Waals surface area contributed by atoms with Gasteiger partial charge in [-0.15, -0.1) is 0 Å². The van der Waals surface area contributed by atoms with Gasteiger partial charge in [0.1, 0.15) is 12.0 Å². The maximum atomic E-state index is 7.22. The molecule has 7 heteroatoms. The summed E-state index contributed by atoms with van der Waals surface area (Å²) in [6.45, 7) is 0. The summed E-state index contributed by atoms with van der Waals surface area (Å²) < 4.78 is 5.14. The smallest absolute Gasteiger partial charge is 0.325 e. The lowest BCUT2D eigenvalue weighted by atomic mass is 10.1. The molecule has 2 aromatic rings. The lowest BCUT2D eigenvalue weighted by molar-refractivity contribution is 0.570. The minimum absolute atomic E-state index is 0.106. The molecule has 0 unspecified atom stereocenters. The zero-order chi connectivity index (χ0) is 13.8. The Hall–Kier alpha value is -2.83. The van der Waals surface area contributed by atoms with Crippen LogP contribution in [0.4, 0.5) is 11.7 Å². The first-order chi connectivity index (χ1) is 9.10. The zero-order valence-corrected chi connectivity index (χ0v) is 10.4. The third kappa shape index (κ3) is 2.89. The van der Waals surface area contributed by atoms with Crippen molar-refractivity contribution in [2.75, 3.05) is 11.9 Å². The minimum atomic E-state index is -0.106. The summed E-state index contributed by atoms with van der Waals surface area (Å²) in [6, 6.07) is 7.66. The number of rotatable bonds is 4. The lowest BCUT2D eigenvalue weighted by Gasteiger charge is -2.12. The molecule has 0 spiro atoms. The number of nitrogens with two attached hydrogens (primary N) is 2. The Morgan fingerprint density at radius 2 is 2.26 bits per heavy atom. The Kier molecular flexibility index (Phi) is 3.46. The highest BCUT2D eigenvalue weighted by Gasteiger charge is 2.07. The van der Waals surface area contributed by atoms with E-state index in [0.29, 0.717) is 5.69 Å². The molecule has 0 saturated carbocycles. The first kappa shape index (κ1) is 12.6. The molecule has 0 aliphatic heterocycles. The summed E-state index contributed by atoms with van der Waals surface area (Å²) in [7, 11) is 1.79. The third-order valence-electron chi connectivity index (χ3n) is 2.46. The van der Waals surface area contributed by atoms with Crippen LogP contribution in [0.5, 0.6) is 0 Å². The van der Waals surface area contributed by atoms with Gasteiger partial charge in [0.15, 0.2) is 5.96 Å². The quantitative estimate of drug-likeness (QED) is 0.564. The van der Waals surface area contributed by atoms with Crippen LogP contribution in [0.25, 0.3) is 11.3 Å². The fraction of sp³-hybridized carbons (Fsp3) is 0.0833. The topological polar surface area (TPSA) is 118 Å². The molecule has 1 aromatic carbocycles. The Morgan fingerprint density at radius 1 is 1.47 bits per heavy atom. The number of oxazole rings is 1. The predicted octanol–water partition coefficient (Wildman–Crippen LogP) is 1.29. The van der Waals surface area contributed by atoms with Gasteiger partial charge in [-0.3, -0.25) is 5.41 Å². The standard InChI is InChI=1S/C12H14N6O/c1-18(7-13)9-4-2-3-8(5-9)10-6-19-12(16-10)17-11(14)15/h2-7,13H,1H3,(H4,14,15,16,17). The number of aromatic nitrogens is 1. The first-order valence-corrected chi connectivity index (χ1v) is 5.49. The average Bonchev–Trinajstić information content (AvgIpc) is 2.85. The van der Waals surface area contributed by atoms with Crippen molar-refractivity contribution in [1.82, 2.24) is 4.98 Å². The van der Waals surface area contributed by atoms with E-state index < -0.39 is 0 Å². The van der Waals surface area contributed by atoms with Crippen LogP contribution in [-0.4, -0.2) is 24.3 Å². The fourth-order valence-electron chi connectivity index (χ4n) is 1.52. The van der Waals surface area contributed by atoms with Gasteiger partial charge in [0.25, 0.3) is 0 Å². The molecule has 0 aliphatic rings. The second-order valence-corrected chi connectivity index (χ2v) is 3.84. The molecule has 0 amide bonds. The van der Waals surface area contributed by atoms with Crippen LogP contribution >= 0.6 is 0 Å². The van der Waals surface area contributed by atoms with Crippen molar-refractivity contribution in [1.29, 1.82) is 5.41 Å². The highest BCUT2D eigenvalue weighted by atomic mass is 16.4. The SMILES string of the molecule is CN(C=N)c1cccc(-c2coc(N=C(N)N)n2)c1. The van der Waals surface area contributed by atoms with Crippen LogP contribution in [0.2, 0.25) is 0 Å². The van der Waals surface area contributed by atoms with Gasteiger partial charge in [-0.1, -0.05) is 12.1 Å². The van der Waals surface area contributed by atoms with Crippen LogP contribution in [0.3, 0.4) is 0 Å². The highest BCUT2D eigenvalue weighted by Crippen LogP contribution is 2.25. The number of benzene rings is 1. The van der Waals surface area contributed by atoms with Crippen molar-refractivity contribution in [3.8, 4) is 11.3 Å². The zero-order valence-electron chi connectivity index (χ0n) is 10.4. The number of nitrogens with one attached hydrogen (secondary N) is 1. The van der Waals surface area contributed by atoms with Gasteiger partial charge in [-0.2, -0.15) is 9.98 Å². The molecule has 2 rings (SSSR count). The molecule has 98 valence electrons. The van der Waals surface area contributed by atoms with E-state index in [2.05, 4.69) is 9.98 Å². The number of nitrogens with zero attached hydrogens (tertiary/aromatic N) is 3. The van der Waals surface area contributed by atoms with Crippen LogP contribution in [-0.2, 0) is 0 Å². The third-order valence-corrected chi connectivity index (χ3v) is 2.46. The van der Waals surface area contributed by atoms with Gasteiger partial charge < -0.3 is 20.8 Å². The molecule has 7 nitrogen and oxygen atoms in total. The Balaban J connectivity index is 2.34. The molecule has 0 bridgehead atoms. The van der Waals surface area contributed by atoms with Crippen molar-refractivity contribution in [3.05, 3.63) is 30.5 Å². The van der Waals surface area contributed by atoms with E-state index in [4.69, 9.17) is 21.3 Å². The molecule has 1 aromatic heterocycles. The Morgan fingerprint density at radius 3 is 2.95 bits per heavy atom. The molecule has 0 radical (unpaired) electrons. The van der Waals surface area contributed by atoms with Gasteiger partial charge in [-0.05, 0) is 12.1 Å². The molecular formula is C12H14N6O. The van der Waals surface area contributed by atoms with Crippen LogP contribution < -0.4 is 16.4 Å². The average molecular weight is 258 g/mol. The van der Waals surface area contributed by atoms with Crippen molar-refractivity contribution in [2.45, 2.75) is 0 Å². The van der Waals surface area contributed by atoms with Crippen LogP contribution in [0, 0.1) is 5.41 Å². The van der Waals surface area contributed by atoms with Gasteiger partial charge >= 0.3 is 6.01 Å². The largest absolute Gasteiger partial charge is 0.430 e. The number of hydrogen-bond donors (Lipinski definition) is 3. The molecule has 5 N–H and O–H groups in total. The summed E-state index contributed by atoms with van der Waals surface area (Å²) >= 11 is 0. The normalized spacial score (nSPS) is 9.95. The van der Waals surface area contributed by atoms with Gasteiger partial charge in [0.05, 0.1) is 6.34 Å².